The van der Waals surface area contributed by atoms with E-state index in [4.69, 9.17) is 9.41 Å². The number of fused-ring (bicyclic) bond motifs is 1. The van der Waals surface area contributed by atoms with Gasteiger partial charge in [0.15, 0.2) is 16.9 Å². The van der Waals surface area contributed by atoms with Crippen molar-refractivity contribution in [3.05, 3.63) is 48.4 Å². The van der Waals surface area contributed by atoms with Crippen LogP contribution in [0.1, 0.15) is 17.5 Å². The highest BCUT2D eigenvalue weighted by molar-refractivity contribution is 7.22. The second-order valence-corrected chi connectivity index (χ2v) is 7.94. The van der Waals surface area contributed by atoms with Gasteiger partial charge in [-0.05, 0) is 31.2 Å². The van der Waals surface area contributed by atoms with Gasteiger partial charge in [-0.3, -0.25) is 9.79 Å². The van der Waals surface area contributed by atoms with E-state index in [0.717, 1.165) is 36.2 Å². The first kappa shape index (κ1) is 20.2. The van der Waals surface area contributed by atoms with Crippen LogP contribution >= 0.6 is 11.3 Å². The molecule has 1 aromatic carbocycles. The number of carbonyl (C=O) groups excluding carboxylic acids is 1. The molecule has 8 nitrogen and oxygen atoms in total. The molecule has 2 N–H and O–H groups in total. The third kappa shape index (κ3) is 4.73. The summed E-state index contributed by atoms with van der Waals surface area (Å²) in [5, 5.41) is 7.64. The van der Waals surface area contributed by atoms with Gasteiger partial charge in [-0.15, -0.1) is 0 Å². The molecule has 1 saturated heterocycles. The molecule has 158 valence electrons. The number of carbonyl (C=O) groups is 1. The molecule has 0 radical (unpaired) electrons. The zero-order valence-corrected chi connectivity index (χ0v) is 17.8. The Kier molecular flexibility index (Phi) is 6.48. The van der Waals surface area contributed by atoms with Crippen LogP contribution in [0.25, 0.3) is 10.2 Å². The number of nitrogens with one attached hydrogen (secondary N) is 2. The predicted octanol–water partition coefficient (Wildman–Crippen LogP) is 2.72. The van der Waals surface area contributed by atoms with Gasteiger partial charge in [0.05, 0.1) is 23.0 Å². The molecule has 0 unspecified atom stereocenters. The van der Waals surface area contributed by atoms with E-state index in [1.165, 1.54) is 11.0 Å². The van der Waals surface area contributed by atoms with Gasteiger partial charge in [-0.25, -0.2) is 4.98 Å². The number of rotatable bonds is 6. The van der Waals surface area contributed by atoms with E-state index in [-0.39, 0.29) is 5.91 Å². The number of furan rings is 1. The lowest BCUT2D eigenvalue weighted by Gasteiger charge is -2.36. The molecule has 1 amide bonds. The second-order valence-electron chi connectivity index (χ2n) is 6.91. The van der Waals surface area contributed by atoms with Crippen molar-refractivity contribution < 1.29 is 9.21 Å². The molecular formula is C21H26N6O2S. The van der Waals surface area contributed by atoms with Crippen LogP contribution in [0.15, 0.2) is 52.1 Å². The Balaban J connectivity index is 1.28. The number of hydrogen-bond acceptors (Lipinski definition) is 6. The van der Waals surface area contributed by atoms with Gasteiger partial charge in [0.2, 0.25) is 0 Å². The largest absolute Gasteiger partial charge is 0.459 e. The Morgan fingerprint density at radius 2 is 1.97 bits per heavy atom. The highest BCUT2D eigenvalue weighted by Gasteiger charge is 2.25. The molecule has 30 heavy (non-hydrogen) atoms. The number of para-hydroxylation sites is 1. The maximum absolute atomic E-state index is 12.4. The van der Waals surface area contributed by atoms with Gasteiger partial charge in [0.1, 0.15) is 0 Å². The van der Waals surface area contributed by atoms with Crippen LogP contribution < -0.4 is 10.6 Å². The van der Waals surface area contributed by atoms with Gasteiger partial charge in [0.25, 0.3) is 5.91 Å². The monoisotopic (exact) mass is 426 g/mol. The summed E-state index contributed by atoms with van der Waals surface area (Å²) in [4.78, 5) is 25.8. The average Bonchev–Trinajstić information content (AvgIpc) is 3.45. The maximum atomic E-state index is 12.4. The summed E-state index contributed by atoms with van der Waals surface area (Å²) in [6.45, 7) is 6.99. The molecule has 1 aliphatic rings. The standard InChI is InChI=1S/C21H26N6O2S/c1-2-22-20(23-9-10-24-21-25-16-6-3-4-8-18(16)30-21)27-13-11-26(12-14-27)19(28)17-7-5-15-29-17/h3-8,15H,2,9-14H2,1H3,(H,22,23)(H,24,25). The van der Waals surface area contributed by atoms with Crippen molar-refractivity contribution in [2.24, 2.45) is 4.99 Å². The summed E-state index contributed by atoms with van der Waals surface area (Å²) in [7, 11) is 0. The van der Waals surface area contributed by atoms with Crippen molar-refractivity contribution in [2.75, 3.05) is 51.1 Å². The molecule has 1 aliphatic heterocycles. The Hall–Kier alpha value is -3.07. The van der Waals surface area contributed by atoms with Crippen LogP contribution in [-0.2, 0) is 0 Å². The minimum Gasteiger partial charge on any atom is -0.459 e. The molecule has 4 rings (SSSR count). The molecule has 0 bridgehead atoms. The summed E-state index contributed by atoms with van der Waals surface area (Å²) in [5.41, 5.74) is 1.02. The molecule has 0 spiro atoms. The Bertz CT molecular complexity index is 959. The van der Waals surface area contributed by atoms with E-state index in [9.17, 15) is 4.79 Å². The lowest BCUT2D eigenvalue weighted by molar-refractivity contribution is 0.0657. The average molecular weight is 427 g/mol. The molecule has 1 fully saturated rings. The summed E-state index contributed by atoms with van der Waals surface area (Å²) in [6.07, 6.45) is 1.53. The zero-order chi connectivity index (χ0) is 20.8. The van der Waals surface area contributed by atoms with Crippen molar-refractivity contribution in [1.82, 2.24) is 20.1 Å². The number of piperazine rings is 1. The van der Waals surface area contributed by atoms with Crippen molar-refractivity contribution in [1.29, 1.82) is 0 Å². The molecule has 2 aromatic heterocycles. The van der Waals surface area contributed by atoms with Gasteiger partial charge in [0, 0.05) is 39.3 Å². The predicted molar refractivity (Wildman–Crippen MR) is 120 cm³/mol. The first-order chi connectivity index (χ1) is 14.7. The van der Waals surface area contributed by atoms with Crippen LogP contribution in [0, 0.1) is 0 Å². The number of benzene rings is 1. The topological polar surface area (TPSA) is 86.0 Å². The van der Waals surface area contributed by atoms with Gasteiger partial charge in [-0.2, -0.15) is 0 Å². The third-order valence-electron chi connectivity index (χ3n) is 4.88. The highest BCUT2D eigenvalue weighted by atomic mass is 32.1. The molecule has 3 aromatic rings. The number of anilines is 1. The minimum atomic E-state index is -0.0541. The summed E-state index contributed by atoms with van der Waals surface area (Å²) >= 11 is 1.65. The molecule has 3 heterocycles. The molecule has 9 heteroatoms. The number of aromatic nitrogens is 1. The maximum Gasteiger partial charge on any atom is 0.289 e. The van der Waals surface area contributed by atoms with Crippen molar-refractivity contribution >= 4 is 38.6 Å². The van der Waals surface area contributed by atoms with E-state index in [1.54, 1.807) is 23.5 Å². The van der Waals surface area contributed by atoms with Crippen LogP contribution in [-0.4, -0.2) is 72.5 Å². The lowest BCUT2D eigenvalue weighted by atomic mass is 10.3. The quantitative estimate of drug-likeness (QED) is 0.358. The number of thiazole rings is 1. The summed E-state index contributed by atoms with van der Waals surface area (Å²) in [5.74, 6) is 1.22. The normalized spacial score (nSPS) is 14.9. The Morgan fingerprint density at radius 1 is 1.17 bits per heavy atom. The van der Waals surface area contributed by atoms with E-state index in [0.29, 0.717) is 31.9 Å². The van der Waals surface area contributed by atoms with Crippen LogP contribution in [0.5, 0.6) is 0 Å². The van der Waals surface area contributed by atoms with E-state index < -0.39 is 0 Å². The first-order valence-electron chi connectivity index (χ1n) is 10.2. The number of amides is 1. The molecule has 0 saturated carbocycles. The first-order valence-corrected chi connectivity index (χ1v) is 11.0. The van der Waals surface area contributed by atoms with E-state index >= 15 is 0 Å². The smallest absolute Gasteiger partial charge is 0.289 e. The molecular weight excluding hydrogens is 400 g/mol. The van der Waals surface area contributed by atoms with Crippen molar-refractivity contribution in [2.45, 2.75) is 6.92 Å². The Labute approximate surface area is 179 Å². The number of nitrogens with zero attached hydrogens (tertiary/aromatic N) is 4. The lowest BCUT2D eigenvalue weighted by Crippen LogP contribution is -2.53. The minimum absolute atomic E-state index is 0.0541. The van der Waals surface area contributed by atoms with Gasteiger partial charge < -0.3 is 24.9 Å². The van der Waals surface area contributed by atoms with E-state index in [1.807, 2.05) is 23.1 Å². The van der Waals surface area contributed by atoms with E-state index in [2.05, 4.69) is 33.5 Å². The SMILES string of the molecule is CCNC(=NCCNc1nc2ccccc2s1)N1CCN(C(=O)c2ccco2)CC1. The summed E-state index contributed by atoms with van der Waals surface area (Å²) < 4.78 is 6.41. The molecule has 0 atom stereocenters. The highest BCUT2D eigenvalue weighted by Crippen LogP contribution is 2.25. The van der Waals surface area contributed by atoms with Gasteiger partial charge >= 0.3 is 0 Å². The zero-order valence-electron chi connectivity index (χ0n) is 17.0. The van der Waals surface area contributed by atoms with Crippen LogP contribution in [0.4, 0.5) is 5.13 Å². The molecule has 0 aliphatic carbocycles. The fourth-order valence-corrected chi connectivity index (χ4v) is 4.27. The number of hydrogen-bond donors (Lipinski definition) is 2. The van der Waals surface area contributed by atoms with Crippen molar-refractivity contribution in [3.63, 3.8) is 0 Å². The third-order valence-corrected chi connectivity index (χ3v) is 5.87. The fraction of sp³-hybridized carbons (Fsp3) is 0.381. The Morgan fingerprint density at radius 3 is 2.70 bits per heavy atom. The van der Waals surface area contributed by atoms with Gasteiger partial charge in [-0.1, -0.05) is 23.5 Å². The van der Waals surface area contributed by atoms with Crippen molar-refractivity contribution in [3.8, 4) is 0 Å². The fourth-order valence-electron chi connectivity index (χ4n) is 3.38. The number of aliphatic imine (C=N–C) groups is 1. The van der Waals surface area contributed by atoms with Crippen LogP contribution in [0.2, 0.25) is 0 Å². The van der Waals surface area contributed by atoms with Crippen LogP contribution in [0.3, 0.4) is 0 Å². The summed E-state index contributed by atoms with van der Waals surface area (Å²) in [6, 6.07) is 11.6. The second kappa shape index (κ2) is 9.62. The number of guanidine groups is 1.